The van der Waals surface area contributed by atoms with Crippen LogP contribution in [0, 0.1) is 0 Å². The average Bonchev–Trinajstić information content (AvgIpc) is 2.93. The molecule has 0 aliphatic rings. The smallest absolute Gasteiger partial charge is 0.240 e. The average molecular weight is 431 g/mol. The molecule has 0 saturated carbocycles. The van der Waals surface area contributed by atoms with Crippen molar-refractivity contribution in [1.82, 2.24) is 19.5 Å². The van der Waals surface area contributed by atoms with Crippen molar-refractivity contribution in [2.24, 2.45) is 0 Å². The maximum absolute atomic E-state index is 12.3. The minimum atomic E-state index is -3.59. The summed E-state index contributed by atoms with van der Waals surface area (Å²) < 4.78 is 30.0. The van der Waals surface area contributed by atoms with Crippen molar-refractivity contribution < 1.29 is 8.42 Å². The Morgan fingerprint density at radius 2 is 2.00 bits per heavy atom. The zero-order valence-electron chi connectivity index (χ0n) is 13.5. The molecule has 0 atom stereocenters. The van der Waals surface area contributed by atoms with Crippen LogP contribution in [0.25, 0.3) is 0 Å². The van der Waals surface area contributed by atoms with Gasteiger partial charge in [0.15, 0.2) is 5.16 Å². The number of aromatic nitrogens is 3. The number of thioether (sulfide) groups is 1. The van der Waals surface area contributed by atoms with E-state index in [0.29, 0.717) is 12.4 Å². The largest absolute Gasteiger partial charge is 0.305 e. The zero-order chi connectivity index (χ0) is 17.7. The first-order valence-electron chi connectivity index (χ1n) is 7.28. The quantitative estimate of drug-likeness (QED) is 0.513. The molecule has 0 spiro atoms. The Bertz CT molecular complexity index is 816. The number of hydrogen-bond donors (Lipinski definition) is 1. The summed E-state index contributed by atoms with van der Waals surface area (Å²) in [5.74, 6) is 1.34. The molecule has 0 fully saturated rings. The summed E-state index contributed by atoms with van der Waals surface area (Å²) in [6, 6.07) is 6.47. The van der Waals surface area contributed by atoms with Gasteiger partial charge in [-0.15, -0.1) is 10.2 Å². The van der Waals surface area contributed by atoms with Crippen LogP contribution in [0.2, 0.25) is 0 Å². The van der Waals surface area contributed by atoms with E-state index in [0.717, 1.165) is 21.0 Å². The maximum Gasteiger partial charge on any atom is 0.240 e. The summed E-state index contributed by atoms with van der Waals surface area (Å²) in [5.41, 5.74) is 1.04. The number of hydrogen-bond acceptors (Lipinski definition) is 5. The Morgan fingerprint density at radius 1 is 1.33 bits per heavy atom. The molecular formula is C15H19BrN4O2S2. The molecule has 24 heavy (non-hydrogen) atoms. The van der Waals surface area contributed by atoms with E-state index in [2.05, 4.69) is 37.4 Å². The molecular weight excluding hydrogens is 412 g/mol. The number of halogens is 1. The Labute approximate surface area is 154 Å². The van der Waals surface area contributed by atoms with Crippen molar-refractivity contribution in [3.05, 3.63) is 46.7 Å². The zero-order valence-corrected chi connectivity index (χ0v) is 16.7. The summed E-state index contributed by atoms with van der Waals surface area (Å²) in [6.07, 6.45) is 0. The normalized spacial score (nSPS) is 11.6. The number of nitrogens with one attached hydrogen (secondary N) is 1. The van der Waals surface area contributed by atoms with Crippen molar-refractivity contribution in [3.63, 3.8) is 0 Å². The lowest BCUT2D eigenvalue weighted by Crippen LogP contribution is -2.25. The number of benzene rings is 1. The van der Waals surface area contributed by atoms with Gasteiger partial charge in [-0.1, -0.05) is 39.8 Å². The molecule has 0 aliphatic carbocycles. The monoisotopic (exact) mass is 430 g/mol. The lowest BCUT2D eigenvalue weighted by Gasteiger charge is -2.09. The molecule has 0 aliphatic heterocycles. The first-order valence-corrected chi connectivity index (χ1v) is 10.5. The molecule has 1 aromatic carbocycles. The first kappa shape index (κ1) is 19.2. The topological polar surface area (TPSA) is 76.9 Å². The van der Waals surface area contributed by atoms with Crippen LogP contribution in [0.1, 0.15) is 19.7 Å². The molecule has 2 rings (SSSR count). The van der Waals surface area contributed by atoms with Crippen molar-refractivity contribution in [1.29, 1.82) is 0 Å². The lowest BCUT2D eigenvalue weighted by molar-refractivity contribution is 0.572. The minimum Gasteiger partial charge on any atom is -0.305 e. The highest BCUT2D eigenvalue weighted by molar-refractivity contribution is 9.10. The molecule has 1 heterocycles. The molecule has 1 N–H and O–H groups in total. The predicted molar refractivity (Wildman–Crippen MR) is 99.4 cm³/mol. The van der Waals surface area contributed by atoms with E-state index in [1.807, 2.05) is 18.4 Å². The highest BCUT2D eigenvalue weighted by Crippen LogP contribution is 2.19. The molecule has 2 aromatic rings. The molecule has 9 heteroatoms. The molecule has 0 bridgehead atoms. The summed E-state index contributed by atoms with van der Waals surface area (Å²) in [6.45, 7) is 8.55. The van der Waals surface area contributed by atoms with Gasteiger partial charge in [0.05, 0.1) is 11.4 Å². The van der Waals surface area contributed by atoms with Gasteiger partial charge in [-0.05, 0) is 38.1 Å². The Balaban J connectivity index is 2.11. The fourth-order valence-corrected chi connectivity index (χ4v) is 4.03. The number of nitrogens with zero attached hydrogens (tertiary/aromatic N) is 3. The van der Waals surface area contributed by atoms with E-state index in [-0.39, 0.29) is 11.4 Å². The lowest BCUT2D eigenvalue weighted by atomic mass is 10.4. The SMILES string of the molecule is C=C(C)CSc1nnc(CNS(=O)(=O)c2ccc(Br)cc2)n1CC. The van der Waals surface area contributed by atoms with Crippen molar-refractivity contribution in [2.45, 2.75) is 37.0 Å². The van der Waals surface area contributed by atoms with E-state index < -0.39 is 10.0 Å². The van der Waals surface area contributed by atoms with Gasteiger partial charge in [-0.2, -0.15) is 0 Å². The molecule has 1 aromatic heterocycles. The molecule has 6 nitrogen and oxygen atoms in total. The summed E-state index contributed by atoms with van der Waals surface area (Å²) in [5, 5.41) is 9.00. The highest BCUT2D eigenvalue weighted by Gasteiger charge is 2.17. The minimum absolute atomic E-state index is 0.0901. The highest BCUT2D eigenvalue weighted by atomic mass is 79.9. The van der Waals surface area contributed by atoms with Crippen LogP contribution >= 0.6 is 27.7 Å². The third kappa shape index (κ3) is 4.92. The number of rotatable bonds is 8. The van der Waals surface area contributed by atoms with Gasteiger partial charge < -0.3 is 4.57 Å². The first-order chi connectivity index (χ1) is 11.3. The molecule has 130 valence electrons. The van der Waals surface area contributed by atoms with E-state index in [4.69, 9.17) is 0 Å². The standard InChI is InChI=1S/C15H19BrN4O2S2/c1-4-20-14(18-19-15(20)23-10-11(2)3)9-17-24(21,22)13-7-5-12(16)6-8-13/h5-8,17H,2,4,9-10H2,1,3H3. The van der Waals surface area contributed by atoms with Gasteiger partial charge in [0.25, 0.3) is 0 Å². The van der Waals surface area contributed by atoms with Gasteiger partial charge in [0.1, 0.15) is 5.82 Å². The second-order valence-electron chi connectivity index (χ2n) is 5.17. The van der Waals surface area contributed by atoms with Crippen LogP contribution in [-0.2, 0) is 23.1 Å². The second kappa shape index (κ2) is 8.28. The third-order valence-corrected chi connectivity index (χ3v) is 6.24. The number of sulfonamides is 1. The molecule has 0 unspecified atom stereocenters. The van der Waals surface area contributed by atoms with Crippen LogP contribution in [0.4, 0.5) is 0 Å². The van der Waals surface area contributed by atoms with Crippen molar-refractivity contribution >= 4 is 37.7 Å². The summed E-state index contributed by atoms with van der Waals surface area (Å²) in [7, 11) is -3.59. The van der Waals surface area contributed by atoms with Crippen molar-refractivity contribution in [3.8, 4) is 0 Å². The van der Waals surface area contributed by atoms with Gasteiger partial charge in [0.2, 0.25) is 10.0 Å². The van der Waals surface area contributed by atoms with Gasteiger partial charge in [0, 0.05) is 16.8 Å². The third-order valence-electron chi connectivity index (χ3n) is 3.10. The van der Waals surface area contributed by atoms with Gasteiger partial charge in [-0.25, -0.2) is 13.1 Å². The summed E-state index contributed by atoms with van der Waals surface area (Å²) >= 11 is 4.83. The van der Waals surface area contributed by atoms with E-state index >= 15 is 0 Å². The Kier molecular flexibility index (Phi) is 6.62. The fourth-order valence-electron chi connectivity index (χ4n) is 1.92. The van der Waals surface area contributed by atoms with E-state index in [1.54, 1.807) is 24.3 Å². The summed E-state index contributed by atoms with van der Waals surface area (Å²) in [4.78, 5) is 0.213. The van der Waals surface area contributed by atoms with E-state index in [9.17, 15) is 8.42 Å². The van der Waals surface area contributed by atoms with Crippen LogP contribution in [0.5, 0.6) is 0 Å². The van der Waals surface area contributed by atoms with Crippen LogP contribution in [0.15, 0.2) is 50.9 Å². The molecule has 0 saturated heterocycles. The fraction of sp³-hybridized carbons (Fsp3) is 0.333. The van der Waals surface area contributed by atoms with E-state index in [1.165, 1.54) is 11.8 Å². The predicted octanol–water partition coefficient (Wildman–Crippen LogP) is 3.21. The second-order valence-corrected chi connectivity index (χ2v) is 8.79. The van der Waals surface area contributed by atoms with Crippen LogP contribution in [0.3, 0.4) is 0 Å². The van der Waals surface area contributed by atoms with Crippen LogP contribution < -0.4 is 4.72 Å². The van der Waals surface area contributed by atoms with Crippen molar-refractivity contribution in [2.75, 3.05) is 5.75 Å². The maximum atomic E-state index is 12.3. The molecule has 0 radical (unpaired) electrons. The Morgan fingerprint density at radius 3 is 2.58 bits per heavy atom. The molecule has 0 amide bonds. The van der Waals surface area contributed by atoms with Gasteiger partial charge in [-0.3, -0.25) is 0 Å². The van der Waals surface area contributed by atoms with Gasteiger partial charge >= 0.3 is 0 Å². The Hall–Kier alpha value is -1.16. The van der Waals surface area contributed by atoms with Crippen LogP contribution in [-0.4, -0.2) is 28.9 Å².